The molecular formula is C13H19N5O. The van der Waals surface area contributed by atoms with Crippen LogP contribution in [0.2, 0.25) is 0 Å². The maximum absolute atomic E-state index is 5.61. The first kappa shape index (κ1) is 12.2. The minimum atomic E-state index is 0.291. The van der Waals surface area contributed by atoms with Gasteiger partial charge in [-0.2, -0.15) is 0 Å². The zero-order chi connectivity index (χ0) is 13.1. The lowest BCUT2D eigenvalue weighted by atomic mass is 10.2. The van der Waals surface area contributed by atoms with Crippen molar-refractivity contribution in [2.45, 2.75) is 25.9 Å². The van der Waals surface area contributed by atoms with Crippen molar-refractivity contribution >= 4 is 17.3 Å². The monoisotopic (exact) mass is 261 g/mol. The second-order valence-electron chi connectivity index (χ2n) is 4.68. The molecule has 0 aliphatic carbocycles. The number of hydrogen-bond acceptors (Lipinski definition) is 5. The second kappa shape index (κ2) is 5.44. The van der Waals surface area contributed by atoms with Gasteiger partial charge in [0, 0.05) is 32.1 Å². The molecule has 2 aromatic heterocycles. The van der Waals surface area contributed by atoms with E-state index in [-0.39, 0.29) is 0 Å². The van der Waals surface area contributed by atoms with E-state index in [1.54, 1.807) is 6.20 Å². The van der Waals surface area contributed by atoms with Gasteiger partial charge in [0.15, 0.2) is 11.5 Å². The second-order valence-corrected chi connectivity index (χ2v) is 4.68. The van der Waals surface area contributed by atoms with Gasteiger partial charge in [-0.3, -0.25) is 0 Å². The summed E-state index contributed by atoms with van der Waals surface area (Å²) in [5.41, 5.74) is 0.847. The van der Waals surface area contributed by atoms with Gasteiger partial charge in [-0.1, -0.05) is 0 Å². The van der Waals surface area contributed by atoms with Crippen molar-refractivity contribution in [3.05, 3.63) is 18.6 Å². The highest BCUT2D eigenvalue weighted by Gasteiger charge is 2.16. The van der Waals surface area contributed by atoms with Crippen molar-refractivity contribution in [1.82, 2.24) is 14.4 Å². The number of anilines is 2. The first-order valence-corrected chi connectivity index (χ1v) is 6.80. The molecule has 1 aliphatic heterocycles. The molecule has 3 heterocycles. The molecule has 0 radical (unpaired) electrons. The Balaban J connectivity index is 1.80. The summed E-state index contributed by atoms with van der Waals surface area (Å²) in [6, 6.07) is 0. The summed E-state index contributed by atoms with van der Waals surface area (Å²) in [6.07, 6.45) is 8.21. The van der Waals surface area contributed by atoms with E-state index < -0.39 is 0 Å². The molecule has 6 heteroatoms. The quantitative estimate of drug-likeness (QED) is 0.858. The van der Waals surface area contributed by atoms with E-state index in [2.05, 4.69) is 27.5 Å². The van der Waals surface area contributed by atoms with Gasteiger partial charge < -0.3 is 19.8 Å². The van der Waals surface area contributed by atoms with Gasteiger partial charge in [0.25, 0.3) is 0 Å². The Morgan fingerprint density at radius 1 is 1.47 bits per heavy atom. The van der Waals surface area contributed by atoms with Crippen LogP contribution in [-0.2, 0) is 4.74 Å². The summed E-state index contributed by atoms with van der Waals surface area (Å²) in [5.74, 6) is 1.65. The number of fused-ring (bicyclic) bond motifs is 1. The molecule has 0 bridgehead atoms. The first-order valence-electron chi connectivity index (χ1n) is 6.80. The smallest absolute Gasteiger partial charge is 0.180 e. The SMILES string of the molecule is CCNc1cn2ccnc2c(NCC2CCCO2)n1. The molecule has 1 fully saturated rings. The fourth-order valence-electron chi connectivity index (χ4n) is 2.33. The summed E-state index contributed by atoms with van der Waals surface area (Å²) in [7, 11) is 0. The van der Waals surface area contributed by atoms with E-state index in [0.29, 0.717) is 6.10 Å². The molecule has 0 aromatic carbocycles. The lowest BCUT2D eigenvalue weighted by Crippen LogP contribution is -2.19. The molecule has 6 nitrogen and oxygen atoms in total. The number of hydrogen-bond donors (Lipinski definition) is 2. The predicted octanol–water partition coefficient (Wildman–Crippen LogP) is 1.75. The summed E-state index contributed by atoms with van der Waals surface area (Å²) >= 11 is 0. The van der Waals surface area contributed by atoms with Crippen molar-refractivity contribution in [2.24, 2.45) is 0 Å². The Morgan fingerprint density at radius 3 is 3.21 bits per heavy atom. The maximum Gasteiger partial charge on any atom is 0.180 e. The van der Waals surface area contributed by atoms with Crippen LogP contribution in [0.1, 0.15) is 19.8 Å². The molecule has 0 saturated carbocycles. The number of aromatic nitrogens is 3. The minimum Gasteiger partial charge on any atom is -0.376 e. The molecule has 3 rings (SSSR count). The first-order chi connectivity index (χ1) is 9.36. The maximum atomic E-state index is 5.61. The van der Waals surface area contributed by atoms with Gasteiger partial charge in [-0.15, -0.1) is 0 Å². The standard InChI is InChI=1S/C13H19N5O/c1-2-14-11-9-18-6-5-15-13(18)12(17-11)16-8-10-4-3-7-19-10/h5-6,9-10,14H,2-4,7-8H2,1H3,(H,16,17). The van der Waals surface area contributed by atoms with Crippen LogP contribution in [0, 0.1) is 0 Å². The fourth-order valence-corrected chi connectivity index (χ4v) is 2.33. The summed E-state index contributed by atoms with van der Waals surface area (Å²) in [4.78, 5) is 8.90. The molecule has 1 saturated heterocycles. The lowest BCUT2D eigenvalue weighted by Gasteiger charge is -2.13. The Morgan fingerprint density at radius 2 is 2.42 bits per heavy atom. The van der Waals surface area contributed by atoms with E-state index in [9.17, 15) is 0 Å². The van der Waals surface area contributed by atoms with Crippen molar-refractivity contribution in [1.29, 1.82) is 0 Å². The van der Waals surface area contributed by atoms with Gasteiger partial charge in [0.05, 0.1) is 12.3 Å². The van der Waals surface area contributed by atoms with E-state index in [4.69, 9.17) is 4.74 Å². The van der Waals surface area contributed by atoms with Crippen molar-refractivity contribution in [3.63, 3.8) is 0 Å². The Kier molecular flexibility index (Phi) is 3.50. The largest absolute Gasteiger partial charge is 0.376 e. The highest BCUT2D eigenvalue weighted by Crippen LogP contribution is 2.18. The van der Waals surface area contributed by atoms with E-state index in [1.165, 1.54) is 0 Å². The van der Waals surface area contributed by atoms with Crippen LogP contribution in [0.5, 0.6) is 0 Å². The molecule has 1 unspecified atom stereocenters. The predicted molar refractivity (Wildman–Crippen MR) is 74.6 cm³/mol. The zero-order valence-corrected chi connectivity index (χ0v) is 11.1. The van der Waals surface area contributed by atoms with Crippen LogP contribution in [0.4, 0.5) is 11.6 Å². The van der Waals surface area contributed by atoms with Crippen LogP contribution in [-0.4, -0.2) is 40.2 Å². The zero-order valence-electron chi connectivity index (χ0n) is 11.1. The van der Waals surface area contributed by atoms with Crippen LogP contribution >= 0.6 is 0 Å². The minimum absolute atomic E-state index is 0.291. The van der Waals surface area contributed by atoms with Crippen LogP contribution < -0.4 is 10.6 Å². The molecule has 1 atom stereocenters. The third-order valence-electron chi connectivity index (χ3n) is 3.25. The topological polar surface area (TPSA) is 63.5 Å². The van der Waals surface area contributed by atoms with Crippen LogP contribution in [0.25, 0.3) is 5.65 Å². The number of ether oxygens (including phenoxy) is 1. The van der Waals surface area contributed by atoms with Crippen LogP contribution in [0.15, 0.2) is 18.6 Å². The summed E-state index contributed by atoms with van der Waals surface area (Å²) in [6.45, 7) is 4.55. The molecule has 2 N–H and O–H groups in total. The normalized spacial score (nSPS) is 18.9. The van der Waals surface area contributed by atoms with E-state index >= 15 is 0 Å². The third-order valence-corrected chi connectivity index (χ3v) is 3.25. The fraction of sp³-hybridized carbons (Fsp3) is 0.538. The highest BCUT2D eigenvalue weighted by molar-refractivity contribution is 5.65. The van der Waals surface area contributed by atoms with E-state index in [1.807, 2.05) is 16.8 Å². The van der Waals surface area contributed by atoms with Gasteiger partial charge in [0.1, 0.15) is 5.82 Å². The molecule has 0 spiro atoms. The Hall–Kier alpha value is -1.82. The molecule has 2 aromatic rings. The number of nitrogens with zero attached hydrogens (tertiary/aromatic N) is 3. The van der Waals surface area contributed by atoms with Gasteiger partial charge >= 0.3 is 0 Å². The number of nitrogens with one attached hydrogen (secondary N) is 2. The van der Waals surface area contributed by atoms with Crippen LogP contribution in [0.3, 0.4) is 0 Å². The lowest BCUT2D eigenvalue weighted by molar-refractivity contribution is 0.120. The van der Waals surface area contributed by atoms with Gasteiger partial charge in [-0.25, -0.2) is 9.97 Å². The van der Waals surface area contributed by atoms with Crippen molar-refractivity contribution in [3.8, 4) is 0 Å². The molecular weight excluding hydrogens is 242 g/mol. The highest BCUT2D eigenvalue weighted by atomic mass is 16.5. The molecule has 19 heavy (non-hydrogen) atoms. The Labute approximate surface area is 112 Å². The summed E-state index contributed by atoms with van der Waals surface area (Å²) in [5, 5.41) is 6.58. The van der Waals surface area contributed by atoms with Gasteiger partial charge in [-0.05, 0) is 19.8 Å². The average molecular weight is 261 g/mol. The number of imidazole rings is 1. The van der Waals surface area contributed by atoms with Crippen molar-refractivity contribution in [2.75, 3.05) is 30.3 Å². The third kappa shape index (κ3) is 2.63. The number of rotatable bonds is 5. The summed E-state index contributed by atoms with van der Waals surface area (Å²) < 4.78 is 7.59. The molecule has 102 valence electrons. The van der Waals surface area contributed by atoms with E-state index in [0.717, 1.165) is 49.8 Å². The molecule has 0 amide bonds. The molecule has 1 aliphatic rings. The average Bonchev–Trinajstić information content (AvgIpc) is 3.07. The Bertz CT molecular complexity index is 547. The van der Waals surface area contributed by atoms with Crippen molar-refractivity contribution < 1.29 is 4.74 Å². The van der Waals surface area contributed by atoms with Gasteiger partial charge in [0.2, 0.25) is 0 Å².